The Bertz CT molecular complexity index is 348. The van der Waals surface area contributed by atoms with Crippen molar-refractivity contribution in [3.63, 3.8) is 0 Å². The van der Waals surface area contributed by atoms with E-state index in [2.05, 4.69) is 5.32 Å². The lowest BCUT2D eigenvalue weighted by Gasteiger charge is -2.47. The Kier molecular flexibility index (Phi) is 3.47. The molecule has 0 aromatic heterocycles. The third-order valence-corrected chi connectivity index (χ3v) is 3.92. The van der Waals surface area contributed by atoms with Crippen molar-refractivity contribution < 1.29 is 14.3 Å². The first-order chi connectivity index (χ1) is 8.44. The monoisotopic (exact) mass is 255 g/mol. The van der Waals surface area contributed by atoms with E-state index in [0.29, 0.717) is 13.1 Å². The number of urea groups is 1. The molecule has 2 heterocycles. The van der Waals surface area contributed by atoms with Gasteiger partial charge in [-0.2, -0.15) is 0 Å². The lowest BCUT2D eigenvalue weighted by Crippen LogP contribution is -2.63. The number of nitrogens with one attached hydrogen (secondary N) is 1. The molecule has 102 valence electrons. The van der Waals surface area contributed by atoms with Crippen molar-refractivity contribution >= 4 is 11.9 Å². The maximum absolute atomic E-state index is 11.8. The number of rotatable bonds is 0. The number of ether oxygens (including phenoxy) is 1. The first-order valence-electron chi connectivity index (χ1n) is 6.34. The van der Waals surface area contributed by atoms with Crippen molar-refractivity contribution in [2.24, 2.45) is 0 Å². The molecule has 0 saturated carbocycles. The van der Waals surface area contributed by atoms with Crippen molar-refractivity contribution in [1.29, 1.82) is 0 Å². The zero-order valence-electron chi connectivity index (χ0n) is 11.2. The molecule has 2 saturated heterocycles. The SMILES string of the molecule is C[C@@H]1NC(=O)COC12CCN(C(=O)N(C)C)CC2. The van der Waals surface area contributed by atoms with E-state index in [-0.39, 0.29) is 30.2 Å². The average molecular weight is 255 g/mol. The molecule has 0 radical (unpaired) electrons. The largest absolute Gasteiger partial charge is 0.363 e. The van der Waals surface area contributed by atoms with Gasteiger partial charge in [-0.1, -0.05) is 0 Å². The molecule has 1 N–H and O–H groups in total. The first-order valence-corrected chi connectivity index (χ1v) is 6.34. The number of piperidine rings is 1. The summed E-state index contributed by atoms with van der Waals surface area (Å²) in [5, 5.41) is 2.93. The highest BCUT2D eigenvalue weighted by atomic mass is 16.5. The molecule has 1 spiro atoms. The van der Waals surface area contributed by atoms with Crippen LogP contribution in [0.4, 0.5) is 4.79 Å². The predicted octanol–water partition coefficient (Wildman–Crippen LogP) is 0.0375. The maximum Gasteiger partial charge on any atom is 0.319 e. The molecule has 6 heteroatoms. The van der Waals surface area contributed by atoms with E-state index in [0.717, 1.165) is 12.8 Å². The Balaban J connectivity index is 1.97. The maximum atomic E-state index is 11.8. The van der Waals surface area contributed by atoms with Crippen LogP contribution in [0.3, 0.4) is 0 Å². The Labute approximate surface area is 107 Å². The fourth-order valence-electron chi connectivity index (χ4n) is 2.69. The van der Waals surface area contributed by atoms with Crippen molar-refractivity contribution in [2.75, 3.05) is 33.8 Å². The normalized spacial score (nSPS) is 26.9. The molecule has 2 rings (SSSR count). The van der Waals surface area contributed by atoms with E-state index in [1.165, 1.54) is 0 Å². The Morgan fingerprint density at radius 2 is 2.06 bits per heavy atom. The molecule has 0 bridgehead atoms. The molecule has 2 aliphatic rings. The minimum absolute atomic E-state index is 0.00959. The molecular formula is C12H21N3O3. The van der Waals surface area contributed by atoms with E-state index in [9.17, 15) is 9.59 Å². The van der Waals surface area contributed by atoms with Crippen LogP contribution >= 0.6 is 0 Å². The van der Waals surface area contributed by atoms with Gasteiger partial charge >= 0.3 is 6.03 Å². The molecule has 3 amide bonds. The van der Waals surface area contributed by atoms with Gasteiger partial charge in [0.25, 0.3) is 0 Å². The van der Waals surface area contributed by atoms with Gasteiger partial charge in [-0.15, -0.1) is 0 Å². The molecule has 0 unspecified atom stereocenters. The van der Waals surface area contributed by atoms with E-state index >= 15 is 0 Å². The van der Waals surface area contributed by atoms with Crippen LogP contribution in [-0.4, -0.2) is 67.2 Å². The summed E-state index contributed by atoms with van der Waals surface area (Å²) in [6.07, 6.45) is 1.54. The summed E-state index contributed by atoms with van der Waals surface area (Å²) in [5.41, 5.74) is -0.295. The Hall–Kier alpha value is -1.30. The molecule has 0 aliphatic carbocycles. The second kappa shape index (κ2) is 4.76. The Morgan fingerprint density at radius 1 is 1.44 bits per heavy atom. The molecular weight excluding hydrogens is 234 g/mol. The van der Waals surface area contributed by atoms with Crippen molar-refractivity contribution in [2.45, 2.75) is 31.4 Å². The average Bonchev–Trinajstić information content (AvgIpc) is 2.34. The van der Waals surface area contributed by atoms with E-state index in [1.54, 1.807) is 19.0 Å². The fourth-order valence-corrected chi connectivity index (χ4v) is 2.69. The number of amides is 3. The number of hydrogen-bond acceptors (Lipinski definition) is 3. The predicted molar refractivity (Wildman–Crippen MR) is 66.2 cm³/mol. The van der Waals surface area contributed by atoms with Gasteiger partial charge in [-0.05, 0) is 19.8 Å². The van der Waals surface area contributed by atoms with Gasteiger partial charge in [0.1, 0.15) is 6.61 Å². The van der Waals surface area contributed by atoms with Gasteiger partial charge < -0.3 is 19.9 Å². The van der Waals surface area contributed by atoms with Gasteiger partial charge in [0.15, 0.2) is 0 Å². The second-order valence-electron chi connectivity index (χ2n) is 5.31. The zero-order chi connectivity index (χ0) is 13.3. The second-order valence-corrected chi connectivity index (χ2v) is 5.31. The van der Waals surface area contributed by atoms with Crippen LogP contribution in [0, 0.1) is 0 Å². The number of likely N-dealkylation sites (tertiary alicyclic amines) is 1. The first kappa shape index (κ1) is 13.1. The zero-order valence-corrected chi connectivity index (χ0v) is 11.2. The third-order valence-electron chi connectivity index (χ3n) is 3.92. The minimum Gasteiger partial charge on any atom is -0.363 e. The molecule has 0 aromatic carbocycles. The topological polar surface area (TPSA) is 61.9 Å². The highest BCUT2D eigenvalue weighted by Gasteiger charge is 2.45. The highest BCUT2D eigenvalue weighted by molar-refractivity contribution is 5.78. The molecule has 2 aliphatic heterocycles. The summed E-state index contributed by atoms with van der Waals surface area (Å²) in [4.78, 5) is 26.5. The smallest absolute Gasteiger partial charge is 0.319 e. The highest BCUT2D eigenvalue weighted by Crippen LogP contribution is 2.32. The number of carbonyl (C=O) groups is 2. The van der Waals surface area contributed by atoms with Crippen LogP contribution in [0.5, 0.6) is 0 Å². The standard InChI is InChI=1S/C12H21N3O3/c1-9-12(18-8-10(16)13-9)4-6-15(7-5-12)11(17)14(2)3/h9H,4-8H2,1-3H3,(H,13,16)/t9-/m0/s1. The Morgan fingerprint density at radius 3 is 2.56 bits per heavy atom. The summed E-state index contributed by atoms with van der Waals surface area (Å²) < 4.78 is 5.76. The van der Waals surface area contributed by atoms with Gasteiger partial charge in [0, 0.05) is 27.2 Å². The van der Waals surface area contributed by atoms with Crippen LogP contribution < -0.4 is 5.32 Å². The molecule has 0 aromatic rings. The number of nitrogens with zero attached hydrogens (tertiary/aromatic N) is 2. The van der Waals surface area contributed by atoms with Crippen LogP contribution in [0.1, 0.15) is 19.8 Å². The lowest BCUT2D eigenvalue weighted by atomic mass is 9.84. The lowest BCUT2D eigenvalue weighted by molar-refractivity contribution is -0.158. The minimum atomic E-state index is -0.295. The molecule has 6 nitrogen and oxygen atoms in total. The number of hydrogen-bond donors (Lipinski definition) is 1. The van der Waals surface area contributed by atoms with E-state index in [4.69, 9.17) is 4.74 Å². The quantitative estimate of drug-likeness (QED) is 0.664. The summed E-state index contributed by atoms with van der Waals surface area (Å²) in [7, 11) is 3.51. The van der Waals surface area contributed by atoms with Crippen LogP contribution in [-0.2, 0) is 9.53 Å². The van der Waals surface area contributed by atoms with Crippen LogP contribution in [0.25, 0.3) is 0 Å². The van der Waals surface area contributed by atoms with Gasteiger partial charge in [-0.25, -0.2) is 4.79 Å². The van der Waals surface area contributed by atoms with Crippen molar-refractivity contribution in [3.8, 4) is 0 Å². The van der Waals surface area contributed by atoms with Crippen molar-refractivity contribution in [3.05, 3.63) is 0 Å². The molecule has 1 atom stereocenters. The third kappa shape index (κ3) is 2.29. The summed E-state index contributed by atoms with van der Waals surface area (Å²) in [5.74, 6) is -0.0556. The molecule has 18 heavy (non-hydrogen) atoms. The molecule has 2 fully saturated rings. The van der Waals surface area contributed by atoms with Crippen LogP contribution in [0.2, 0.25) is 0 Å². The fraction of sp³-hybridized carbons (Fsp3) is 0.833. The van der Waals surface area contributed by atoms with Gasteiger partial charge in [-0.3, -0.25) is 4.79 Å². The van der Waals surface area contributed by atoms with Gasteiger partial charge in [0.05, 0.1) is 11.6 Å². The van der Waals surface area contributed by atoms with Gasteiger partial charge in [0.2, 0.25) is 5.91 Å². The summed E-state index contributed by atoms with van der Waals surface area (Å²) in [6.45, 7) is 3.46. The van der Waals surface area contributed by atoms with Crippen molar-refractivity contribution in [1.82, 2.24) is 15.1 Å². The number of carbonyl (C=O) groups excluding carboxylic acids is 2. The summed E-state index contributed by atoms with van der Waals surface area (Å²) >= 11 is 0. The number of morpholine rings is 1. The van der Waals surface area contributed by atoms with E-state index in [1.807, 2.05) is 11.8 Å². The van der Waals surface area contributed by atoms with Crippen LogP contribution in [0.15, 0.2) is 0 Å². The summed E-state index contributed by atoms with van der Waals surface area (Å²) in [6, 6.07) is 0.0488. The van der Waals surface area contributed by atoms with E-state index < -0.39 is 0 Å².